The number of aryl methyl sites for hydroxylation is 2. The highest BCUT2D eigenvalue weighted by molar-refractivity contribution is 5.94. The lowest BCUT2D eigenvalue weighted by Crippen LogP contribution is -2.24. The number of imidazole rings is 1. The maximum atomic E-state index is 12.5. The zero-order valence-corrected chi connectivity index (χ0v) is 13.5. The van der Waals surface area contributed by atoms with E-state index in [4.69, 9.17) is 4.74 Å². The number of amides is 1. The number of rotatable bonds is 4. The second-order valence-corrected chi connectivity index (χ2v) is 5.51. The van der Waals surface area contributed by atoms with Crippen molar-refractivity contribution in [3.8, 4) is 5.75 Å². The van der Waals surface area contributed by atoms with Crippen LogP contribution in [0.5, 0.6) is 5.75 Å². The SMILES string of the molecule is COc1ccc(CNC(=O)c2c(C)nc3cc(C)ccn23)cc1. The van der Waals surface area contributed by atoms with Crippen LogP contribution in [0.4, 0.5) is 0 Å². The Bertz CT molecular complexity index is 851. The van der Waals surface area contributed by atoms with Crippen molar-refractivity contribution < 1.29 is 9.53 Å². The van der Waals surface area contributed by atoms with E-state index in [0.717, 1.165) is 28.2 Å². The van der Waals surface area contributed by atoms with E-state index < -0.39 is 0 Å². The van der Waals surface area contributed by atoms with Crippen LogP contribution in [0.25, 0.3) is 5.65 Å². The number of aromatic nitrogens is 2. The molecule has 2 heterocycles. The van der Waals surface area contributed by atoms with Gasteiger partial charge in [0.15, 0.2) is 0 Å². The lowest BCUT2D eigenvalue weighted by atomic mass is 10.2. The van der Waals surface area contributed by atoms with E-state index in [1.54, 1.807) is 7.11 Å². The molecule has 0 aliphatic carbocycles. The number of hydrogen-bond donors (Lipinski definition) is 1. The predicted molar refractivity (Wildman–Crippen MR) is 88.8 cm³/mol. The van der Waals surface area contributed by atoms with Crippen molar-refractivity contribution in [1.82, 2.24) is 14.7 Å². The summed E-state index contributed by atoms with van der Waals surface area (Å²) in [4.78, 5) is 17.0. The summed E-state index contributed by atoms with van der Waals surface area (Å²) in [6.07, 6.45) is 1.88. The van der Waals surface area contributed by atoms with E-state index in [0.29, 0.717) is 12.2 Å². The van der Waals surface area contributed by atoms with Gasteiger partial charge in [-0.2, -0.15) is 0 Å². The number of carbonyl (C=O) groups excluding carboxylic acids is 1. The van der Waals surface area contributed by atoms with Crippen molar-refractivity contribution in [2.75, 3.05) is 7.11 Å². The van der Waals surface area contributed by atoms with Crippen molar-refractivity contribution in [3.05, 3.63) is 65.1 Å². The van der Waals surface area contributed by atoms with Gasteiger partial charge in [0.1, 0.15) is 17.1 Å². The minimum atomic E-state index is -0.130. The number of carbonyl (C=O) groups is 1. The average molecular weight is 309 g/mol. The highest BCUT2D eigenvalue weighted by atomic mass is 16.5. The summed E-state index contributed by atoms with van der Waals surface area (Å²) in [6, 6.07) is 11.6. The van der Waals surface area contributed by atoms with E-state index in [1.807, 2.05) is 60.8 Å². The number of nitrogens with zero attached hydrogens (tertiary/aromatic N) is 2. The molecular weight excluding hydrogens is 290 g/mol. The third-order valence-electron chi connectivity index (χ3n) is 3.78. The van der Waals surface area contributed by atoms with Crippen molar-refractivity contribution in [2.24, 2.45) is 0 Å². The Morgan fingerprint density at radius 1 is 1.22 bits per heavy atom. The van der Waals surface area contributed by atoms with Gasteiger partial charge in [-0.05, 0) is 49.2 Å². The summed E-state index contributed by atoms with van der Waals surface area (Å²) in [5, 5.41) is 2.95. The van der Waals surface area contributed by atoms with Crippen LogP contribution < -0.4 is 10.1 Å². The van der Waals surface area contributed by atoms with Crippen molar-refractivity contribution in [2.45, 2.75) is 20.4 Å². The van der Waals surface area contributed by atoms with Gasteiger partial charge in [0, 0.05) is 12.7 Å². The summed E-state index contributed by atoms with van der Waals surface area (Å²) in [6.45, 7) is 4.32. The number of benzene rings is 1. The van der Waals surface area contributed by atoms with Gasteiger partial charge in [0.05, 0.1) is 12.8 Å². The molecule has 1 amide bonds. The van der Waals surface area contributed by atoms with Crippen LogP contribution in [0.15, 0.2) is 42.6 Å². The smallest absolute Gasteiger partial charge is 0.270 e. The van der Waals surface area contributed by atoms with Crippen LogP contribution >= 0.6 is 0 Å². The van der Waals surface area contributed by atoms with Gasteiger partial charge in [-0.25, -0.2) is 4.98 Å². The van der Waals surface area contributed by atoms with E-state index in [2.05, 4.69) is 10.3 Å². The second-order valence-electron chi connectivity index (χ2n) is 5.51. The van der Waals surface area contributed by atoms with Crippen LogP contribution in [0.1, 0.15) is 27.3 Å². The molecule has 0 fully saturated rings. The normalized spacial score (nSPS) is 10.7. The fourth-order valence-corrected chi connectivity index (χ4v) is 2.55. The van der Waals surface area contributed by atoms with Crippen molar-refractivity contribution in [3.63, 3.8) is 0 Å². The fourth-order valence-electron chi connectivity index (χ4n) is 2.55. The minimum absolute atomic E-state index is 0.130. The van der Waals surface area contributed by atoms with Crippen LogP contribution in [0.2, 0.25) is 0 Å². The number of fused-ring (bicyclic) bond motifs is 1. The topological polar surface area (TPSA) is 55.6 Å². The molecule has 0 aliphatic heterocycles. The summed E-state index contributed by atoms with van der Waals surface area (Å²) in [7, 11) is 1.63. The molecule has 0 bridgehead atoms. The maximum Gasteiger partial charge on any atom is 0.270 e. The molecule has 2 aromatic heterocycles. The lowest BCUT2D eigenvalue weighted by molar-refractivity contribution is 0.0944. The Morgan fingerprint density at radius 2 is 1.96 bits per heavy atom. The number of ether oxygens (including phenoxy) is 1. The monoisotopic (exact) mass is 309 g/mol. The van der Waals surface area contributed by atoms with Gasteiger partial charge >= 0.3 is 0 Å². The first-order valence-corrected chi connectivity index (χ1v) is 7.45. The molecule has 0 saturated carbocycles. The first-order chi connectivity index (χ1) is 11.1. The van der Waals surface area contributed by atoms with E-state index >= 15 is 0 Å². The molecule has 3 aromatic rings. The van der Waals surface area contributed by atoms with Crippen LogP contribution in [-0.2, 0) is 6.54 Å². The van der Waals surface area contributed by atoms with Gasteiger partial charge < -0.3 is 10.1 Å². The van der Waals surface area contributed by atoms with Gasteiger partial charge in [-0.1, -0.05) is 12.1 Å². The lowest BCUT2D eigenvalue weighted by Gasteiger charge is -2.07. The molecule has 1 aromatic carbocycles. The Morgan fingerprint density at radius 3 is 2.65 bits per heavy atom. The van der Waals surface area contributed by atoms with E-state index in [1.165, 1.54) is 0 Å². The van der Waals surface area contributed by atoms with E-state index in [9.17, 15) is 4.79 Å². The zero-order valence-electron chi connectivity index (χ0n) is 13.5. The number of methoxy groups -OCH3 is 1. The summed E-state index contributed by atoms with van der Waals surface area (Å²) in [5.41, 5.74) is 4.22. The van der Waals surface area contributed by atoms with Crippen molar-refractivity contribution >= 4 is 11.6 Å². The molecule has 0 saturated heterocycles. The van der Waals surface area contributed by atoms with Gasteiger partial charge in [-0.15, -0.1) is 0 Å². The molecule has 0 atom stereocenters. The standard InChI is InChI=1S/C18H19N3O2/c1-12-8-9-21-16(10-12)20-13(2)17(21)18(22)19-11-14-4-6-15(23-3)7-5-14/h4-10H,11H2,1-3H3,(H,19,22). The summed E-state index contributed by atoms with van der Waals surface area (Å²) >= 11 is 0. The molecule has 0 aliphatic rings. The molecule has 0 spiro atoms. The summed E-state index contributed by atoms with van der Waals surface area (Å²) < 4.78 is 6.95. The highest BCUT2D eigenvalue weighted by Crippen LogP contribution is 2.14. The predicted octanol–water partition coefficient (Wildman–Crippen LogP) is 2.89. The largest absolute Gasteiger partial charge is 0.497 e. The second kappa shape index (κ2) is 6.12. The van der Waals surface area contributed by atoms with Gasteiger partial charge in [0.2, 0.25) is 0 Å². The van der Waals surface area contributed by atoms with E-state index in [-0.39, 0.29) is 5.91 Å². The highest BCUT2D eigenvalue weighted by Gasteiger charge is 2.16. The Hall–Kier alpha value is -2.82. The maximum absolute atomic E-state index is 12.5. The molecule has 118 valence electrons. The van der Waals surface area contributed by atoms with Gasteiger partial charge in [0.25, 0.3) is 5.91 Å². The van der Waals surface area contributed by atoms with Gasteiger partial charge in [-0.3, -0.25) is 9.20 Å². The molecule has 3 rings (SSSR count). The Kier molecular flexibility index (Phi) is 4.02. The molecule has 23 heavy (non-hydrogen) atoms. The third-order valence-corrected chi connectivity index (χ3v) is 3.78. The summed E-state index contributed by atoms with van der Waals surface area (Å²) in [5.74, 6) is 0.669. The molecule has 5 heteroatoms. The van der Waals surface area contributed by atoms with Crippen LogP contribution in [0, 0.1) is 13.8 Å². The molecule has 0 unspecified atom stereocenters. The van der Waals surface area contributed by atoms with Crippen molar-refractivity contribution in [1.29, 1.82) is 0 Å². The molecular formula is C18H19N3O2. The molecule has 1 N–H and O–H groups in total. The Balaban J connectivity index is 1.79. The molecule has 5 nitrogen and oxygen atoms in total. The number of pyridine rings is 1. The first-order valence-electron chi connectivity index (χ1n) is 7.45. The quantitative estimate of drug-likeness (QED) is 0.806. The van der Waals surface area contributed by atoms with Crippen LogP contribution in [0.3, 0.4) is 0 Å². The Labute approximate surface area is 134 Å². The average Bonchev–Trinajstić information content (AvgIpc) is 2.88. The number of nitrogens with one attached hydrogen (secondary N) is 1. The molecule has 0 radical (unpaired) electrons. The minimum Gasteiger partial charge on any atom is -0.497 e. The fraction of sp³-hybridized carbons (Fsp3) is 0.222. The number of hydrogen-bond acceptors (Lipinski definition) is 3. The zero-order chi connectivity index (χ0) is 16.4. The van der Waals surface area contributed by atoms with Crippen LogP contribution in [-0.4, -0.2) is 22.4 Å². The first kappa shape index (κ1) is 15.1. The third kappa shape index (κ3) is 3.04.